The minimum absolute atomic E-state index is 0.132. The molecule has 0 unspecified atom stereocenters. The molecule has 1 aromatic heterocycles. The molecule has 4 aromatic rings. The largest absolute Gasteiger partial charge is 0.466 e. The van der Waals surface area contributed by atoms with Crippen LogP contribution in [0.2, 0.25) is 0 Å². The van der Waals surface area contributed by atoms with Crippen LogP contribution in [0.3, 0.4) is 0 Å². The predicted molar refractivity (Wildman–Crippen MR) is 172 cm³/mol. The number of anilines is 1. The number of benzene rings is 3. The second-order valence-corrected chi connectivity index (χ2v) is 12.8. The molecule has 1 amide bonds. The summed E-state index contributed by atoms with van der Waals surface area (Å²) >= 11 is 0. The van der Waals surface area contributed by atoms with Gasteiger partial charge in [-0.15, -0.1) is 0 Å². The zero-order valence-corrected chi connectivity index (χ0v) is 25.9. The average molecular weight is 624 g/mol. The van der Waals surface area contributed by atoms with E-state index in [1.807, 2.05) is 66.9 Å². The summed E-state index contributed by atoms with van der Waals surface area (Å²) in [5.74, 6) is -0.844. The van der Waals surface area contributed by atoms with Crippen LogP contribution in [0.4, 0.5) is 5.69 Å². The fourth-order valence-electron chi connectivity index (χ4n) is 5.56. The molecule has 3 heterocycles. The maximum Gasteiger partial charge on any atom is 0.309 e. The van der Waals surface area contributed by atoms with E-state index >= 15 is 0 Å². The van der Waals surface area contributed by atoms with Gasteiger partial charge in [0.05, 0.1) is 40.1 Å². The molecular weight excluding hydrogens is 590 g/mol. The fraction of sp³-hybridized carbons (Fsp3) is 0.235. The molecule has 3 aromatic carbocycles. The van der Waals surface area contributed by atoms with E-state index < -0.39 is 10.0 Å². The quantitative estimate of drug-likeness (QED) is 0.194. The number of sulfonamides is 1. The Bertz CT molecular complexity index is 1890. The van der Waals surface area contributed by atoms with Gasteiger partial charge in [0.25, 0.3) is 5.91 Å². The molecule has 10 nitrogen and oxygen atoms in total. The summed E-state index contributed by atoms with van der Waals surface area (Å²) in [7, 11) is -3.84. The summed E-state index contributed by atoms with van der Waals surface area (Å²) in [5.41, 5.74) is 4.18. The molecule has 1 fully saturated rings. The van der Waals surface area contributed by atoms with Gasteiger partial charge in [0.1, 0.15) is 5.69 Å². The van der Waals surface area contributed by atoms with Crippen molar-refractivity contribution in [2.45, 2.75) is 31.6 Å². The molecule has 2 aliphatic rings. The summed E-state index contributed by atoms with van der Waals surface area (Å²) in [4.78, 5) is 25.8. The van der Waals surface area contributed by atoms with E-state index in [2.05, 4.69) is 5.10 Å². The Morgan fingerprint density at radius 1 is 0.956 bits per heavy atom. The third-order valence-electron chi connectivity index (χ3n) is 7.95. The van der Waals surface area contributed by atoms with Crippen LogP contribution in [0.5, 0.6) is 0 Å². The number of carbonyl (C=O) groups excluding carboxylic acids is 2. The van der Waals surface area contributed by atoms with E-state index in [1.165, 1.54) is 9.31 Å². The number of esters is 1. The lowest BCUT2D eigenvalue weighted by atomic mass is 9.98. The second-order valence-electron chi connectivity index (χ2n) is 10.9. The van der Waals surface area contributed by atoms with Crippen molar-refractivity contribution in [2.24, 2.45) is 11.0 Å². The van der Waals surface area contributed by atoms with Crippen LogP contribution >= 0.6 is 0 Å². The van der Waals surface area contributed by atoms with Crippen molar-refractivity contribution >= 4 is 39.4 Å². The van der Waals surface area contributed by atoms with Crippen molar-refractivity contribution in [2.75, 3.05) is 24.7 Å². The second kappa shape index (κ2) is 12.6. The van der Waals surface area contributed by atoms with Gasteiger partial charge in [0, 0.05) is 30.4 Å². The van der Waals surface area contributed by atoms with E-state index in [9.17, 15) is 18.0 Å². The van der Waals surface area contributed by atoms with Crippen molar-refractivity contribution in [3.63, 3.8) is 0 Å². The smallest absolute Gasteiger partial charge is 0.309 e. The molecule has 230 valence electrons. The normalized spacial score (nSPS) is 17.1. The predicted octanol–water partition coefficient (Wildman–Crippen LogP) is 5.31. The number of para-hydroxylation sites is 2. The van der Waals surface area contributed by atoms with Crippen molar-refractivity contribution in [1.82, 2.24) is 14.1 Å². The summed E-state index contributed by atoms with van der Waals surface area (Å²) in [6.45, 7) is 4.30. The van der Waals surface area contributed by atoms with Gasteiger partial charge < -0.3 is 4.74 Å². The van der Waals surface area contributed by atoms with Gasteiger partial charge in [-0.05, 0) is 69.2 Å². The number of carbonyl (C=O) groups is 2. The molecule has 6 rings (SSSR count). The highest BCUT2D eigenvalue weighted by molar-refractivity contribution is 7.89. The highest BCUT2D eigenvalue weighted by Crippen LogP contribution is 2.32. The maximum absolute atomic E-state index is 13.7. The standard InChI is InChI=1S/C34H33N5O5S/c1-3-44-34(41)25-17-19-37(20-18-25)45(42,43)30-16-10-11-26(21-30)32-27(23-38(36-32)28-12-6-4-7-13-28)22-31-24(2)35-39(33(31)40)29-14-8-5-9-15-29/h4-16,21-23,25H,3,17-20H2,1-2H3/b31-22-. The monoisotopic (exact) mass is 623 g/mol. The van der Waals surface area contributed by atoms with Gasteiger partial charge in [-0.3, -0.25) is 9.59 Å². The Hall–Kier alpha value is -4.87. The Kier molecular flexibility index (Phi) is 8.46. The number of aromatic nitrogens is 2. The average Bonchev–Trinajstić information content (AvgIpc) is 3.62. The number of hydrazone groups is 1. The zero-order chi connectivity index (χ0) is 31.6. The highest BCUT2D eigenvalue weighted by Gasteiger charge is 2.33. The minimum Gasteiger partial charge on any atom is -0.466 e. The summed E-state index contributed by atoms with van der Waals surface area (Å²) in [6.07, 6.45) is 4.40. The molecule has 11 heteroatoms. The molecule has 0 N–H and O–H groups in total. The molecular formula is C34H33N5O5S. The van der Waals surface area contributed by atoms with E-state index in [0.29, 0.717) is 53.2 Å². The van der Waals surface area contributed by atoms with Crippen molar-refractivity contribution in [3.8, 4) is 16.9 Å². The number of rotatable bonds is 8. The molecule has 2 aliphatic heterocycles. The minimum atomic E-state index is -3.84. The van der Waals surface area contributed by atoms with Crippen LogP contribution in [-0.4, -0.2) is 59.8 Å². The number of ether oxygens (including phenoxy) is 1. The van der Waals surface area contributed by atoms with Crippen molar-refractivity contribution in [1.29, 1.82) is 0 Å². The van der Waals surface area contributed by atoms with E-state index in [1.54, 1.807) is 48.9 Å². The highest BCUT2D eigenvalue weighted by atomic mass is 32.2. The van der Waals surface area contributed by atoms with Gasteiger partial charge in [0.2, 0.25) is 10.0 Å². The first-order valence-electron chi connectivity index (χ1n) is 14.9. The Morgan fingerprint density at radius 2 is 1.62 bits per heavy atom. The topological polar surface area (TPSA) is 114 Å². The van der Waals surface area contributed by atoms with Crippen molar-refractivity contribution < 1.29 is 22.7 Å². The number of amides is 1. The van der Waals surface area contributed by atoms with E-state index in [4.69, 9.17) is 9.84 Å². The van der Waals surface area contributed by atoms with Gasteiger partial charge in [-0.25, -0.2) is 13.1 Å². The SMILES string of the molecule is CCOC(=O)C1CCN(S(=O)(=O)c2cccc(-c3nn(-c4ccccc4)cc3/C=C3\C(=O)N(c4ccccc4)N=C3C)c2)CC1. The molecule has 0 aliphatic carbocycles. The van der Waals surface area contributed by atoms with Crippen LogP contribution in [0.15, 0.2) is 107 Å². The fourth-order valence-corrected chi connectivity index (χ4v) is 7.08. The van der Waals surface area contributed by atoms with E-state index in [0.717, 1.165) is 5.69 Å². The Labute approximate surface area is 262 Å². The molecule has 0 saturated carbocycles. The summed E-state index contributed by atoms with van der Waals surface area (Å²) < 4.78 is 35.7. The maximum atomic E-state index is 13.7. The number of hydrogen-bond acceptors (Lipinski definition) is 7. The lowest BCUT2D eigenvalue weighted by Gasteiger charge is -2.30. The molecule has 1 saturated heterocycles. The van der Waals surface area contributed by atoms with Crippen LogP contribution in [0, 0.1) is 5.92 Å². The number of hydrogen-bond donors (Lipinski definition) is 0. The van der Waals surface area contributed by atoms with Crippen LogP contribution in [0.1, 0.15) is 32.3 Å². The van der Waals surface area contributed by atoms with Gasteiger partial charge in [-0.1, -0.05) is 48.5 Å². The van der Waals surface area contributed by atoms with Crippen molar-refractivity contribution in [3.05, 3.63) is 102 Å². The first-order chi connectivity index (χ1) is 21.8. The third-order valence-corrected chi connectivity index (χ3v) is 9.84. The van der Waals surface area contributed by atoms with Gasteiger partial charge in [-0.2, -0.15) is 19.5 Å². The molecule has 0 atom stereocenters. The van der Waals surface area contributed by atoms with Gasteiger partial charge in [0.15, 0.2) is 0 Å². The lowest BCUT2D eigenvalue weighted by Crippen LogP contribution is -2.40. The molecule has 0 bridgehead atoms. The van der Waals surface area contributed by atoms with Gasteiger partial charge >= 0.3 is 5.97 Å². The van der Waals surface area contributed by atoms with Crippen LogP contribution < -0.4 is 5.01 Å². The van der Waals surface area contributed by atoms with E-state index in [-0.39, 0.29) is 35.8 Å². The first kappa shape index (κ1) is 30.2. The van der Waals surface area contributed by atoms with Crippen LogP contribution in [0.25, 0.3) is 23.0 Å². The Morgan fingerprint density at radius 3 is 2.29 bits per heavy atom. The van der Waals surface area contributed by atoms with Crippen LogP contribution in [-0.2, 0) is 24.3 Å². The third kappa shape index (κ3) is 6.09. The lowest BCUT2D eigenvalue weighted by molar-refractivity contribution is -0.149. The molecule has 0 spiro atoms. The number of nitrogens with zero attached hydrogens (tertiary/aromatic N) is 5. The summed E-state index contributed by atoms with van der Waals surface area (Å²) in [5, 5.41) is 10.7. The summed E-state index contributed by atoms with van der Waals surface area (Å²) in [6, 6.07) is 25.4. The zero-order valence-electron chi connectivity index (χ0n) is 25.0. The molecule has 45 heavy (non-hydrogen) atoms. The first-order valence-corrected chi connectivity index (χ1v) is 16.3. The number of piperidine rings is 1. The Balaban J connectivity index is 1.35. The molecule has 0 radical (unpaired) electrons.